The summed E-state index contributed by atoms with van der Waals surface area (Å²) in [6, 6.07) is 10.8. The lowest BCUT2D eigenvalue weighted by atomic mass is 10.2. The van der Waals surface area contributed by atoms with Crippen LogP contribution in [0.2, 0.25) is 0 Å². The van der Waals surface area contributed by atoms with Crippen LogP contribution in [0.3, 0.4) is 0 Å². The molecule has 106 valence electrons. The van der Waals surface area contributed by atoms with Crippen molar-refractivity contribution in [1.29, 1.82) is 0 Å². The topological polar surface area (TPSA) is 37.8 Å². The zero-order valence-corrected chi connectivity index (χ0v) is 12.3. The van der Waals surface area contributed by atoms with Gasteiger partial charge in [0.1, 0.15) is 10.8 Å². The van der Waals surface area contributed by atoms with Crippen LogP contribution in [-0.2, 0) is 6.54 Å². The van der Waals surface area contributed by atoms with E-state index in [4.69, 9.17) is 0 Å². The van der Waals surface area contributed by atoms with Gasteiger partial charge in [0.25, 0.3) is 0 Å². The van der Waals surface area contributed by atoms with Gasteiger partial charge in [0.05, 0.1) is 17.9 Å². The summed E-state index contributed by atoms with van der Waals surface area (Å²) in [4.78, 5) is 8.84. The number of aryl methyl sites for hydroxylation is 1. The lowest BCUT2D eigenvalue weighted by Gasteiger charge is -2.05. The van der Waals surface area contributed by atoms with Crippen LogP contribution in [0.1, 0.15) is 11.3 Å². The van der Waals surface area contributed by atoms with Gasteiger partial charge in [0.15, 0.2) is 0 Å². The third-order valence-electron chi connectivity index (χ3n) is 3.07. The van der Waals surface area contributed by atoms with Gasteiger partial charge >= 0.3 is 0 Å². The Morgan fingerprint density at radius 1 is 1.24 bits per heavy atom. The summed E-state index contributed by atoms with van der Waals surface area (Å²) in [5, 5.41) is 6.16. The van der Waals surface area contributed by atoms with E-state index >= 15 is 0 Å². The molecule has 0 fully saturated rings. The van der Waals surface area contributed by atoms with Gasteiger partial charge in [-0.25, -0.2) is 9.37 Å². The van der Waals surface area contributed by atoms with Crippen molar-refractivity contribution in [3.05, 3.63) is 65.0 Å². The normalized spacial score (nSPS) is 10.6. The van der Waals surface area contributed by atoms with Crippen LogP contribution in [0.5, 0.6) is 0 Å². The second-order valence-corrected chi connectivity index (χ2v) is 5.53. The molecule has 0 amide bonds. The van der Waals surface area contributed by atoms with Crippen molar-refractivity contribution in [2.24, 2.45) is 0 Å². The summed E-state index contributed by atoms with van der Waals surface area (Å²) in [6.45, 7) is 2.36. The molecular weight excluding hydrogens is 285 g/mol. The van der Waals surface area contributed by atoms with Crippen molar-refractivity contribution in [3.8, 4) is 10.7 Å². The maximum Gasteiger partial charge on any atom is 0.142 e. The van der Waals surface area contributed by atoms with Gasteiger partial charge in [-0.1, -0.05) is 6.07 Å². The number of thiazole rings is 1. The third kappa shape index (κ3) is 3.25. The maximum absolute atomic E-state index is 13.2. The van der Waals surface area contributed by atoms with Gasteiger partial charge < -0.3 is 5.32 Å². The molecule has 3 aromatic rings. The number of nitrogens with one attached hydrogen (secondary N) is 1. The van der Waals surface area contributed by atoms with Crippen molar-refractivity contribution >= 4 is 17.0 Å². The number of aromatic nitrogens is 2. The molecule has 3 rings (SSSR count). The summed E-state index contributed by atoms with van der Waals surface area (Å²) in [6.07, 6.45) is 1.76. The van der Waals surface area contributed by atoms with Gasteiger partial charge in [-0.3, -0.25) is 4.98 Å². The Hall–Kier alpha value is -2.27. The van der Waals surface area contributed by atoms with E-state index in [1.165, 1.54) is 6.07 Å². The van der Waals surface area contributed by atoms with Crippen molar-refractivity contribution in [1.82, 2.24) is 9.97 Å². The van der Waals surface area contributed by atoms with E-state index in [0.29, 0.717) is 12.1 Å². The minimum Gasteiger partial charge on any atom is -0.379 e. The number of rotatable bonds is 4. The van der Waals surface area contributed by atoms with Crippen LogP contribution in [0.4, 0.5) is 10.1 Å². The molecule has 5 heteroatoms. The highest BCUT2D eigenvalue weighted by molar-refractivity contribution is 7.13. The van der Waals surface area contributed by atoms with E-state index < -0.39 is 0 Å². The number of nitrogens with zero attached hydrogens (tertiary/aromatic N) is 2. The number of benzene rings is 1. The van der Waals surface area contributed by atoms with E-state index in [9.17, 15) is 4.39 Å². The highest BCUT2D eigenvalue weighted by Crippen LogP contribution is 2.22. The van der Waals surface area contributed by atoms with Crippen LogP contribution < -0.4 is 5.32 Å². The Bertz CT molecular complexity index is 740. The van der Waals surface area contributed by atoms with Crippen molar-refractivity contribution in [3.63, 3.8) is 0 Å². The molecule has 2 aromatic heterocycles. The van der Waals surface area contributed by atoms with Crippen LogP contribution in [0.15, 0.2) is 48.0 Å². The average molecular weight is 299 g/mol. The van der Waals surface area contributed by atoms with E-state index in [1.54, 1.807) is 36.6 Å². The van der Waals surface area contributed by atoms with E-state index in [-0.39, 0.29) is 5.82 Å². The maximum atomic E-state index is 13.2. The summed E-state index contributed by atoms with van der Waals surface area (Å²) in [5.74, 6) is -0.188. The summed E-state index contributed by atoms with van der Waals surface area (Å²) in [7, 11) is 0. The highest BCUT2D eigenvalue weighted by atomic mass is 32.1. The fourth-order valence-corrected chi connectivity index (χ4v) is 2.74. The van der Waals surface area contributed by atoms with E-state index in [1.807, 2.05) is 23.6 Å². The van der Waals surface area contributed by atoms with E-state index in [0.717, 1.165) is 22.1 Å². The number of anilines is 1. The summed E-state index contributed by atoms with van der Waals surface area (Å²) in [5.41, 5.74) is 3.35. The van der Waals surface area contributed by atoms with Crippen molar-refractivity contribution < 1.29 is 4.39 Å². The quantitative estimate of drug-likeness (QED) is 0.782. The summed E-state index contributed by atoms with van der Waals surface area (Å²) >= 11 is 1.57. The Morgan fingerprint density at radius 2 is 2.14 bits per heavy atom. The molecule has 0 aliphatic heterocycles. The smallest absolute Gasteiger partial charge is 0.142 e. The first-order valence-corrected chi connectivity index (χ1v) is 7.46. The number of halogens is 1. The second kappa shape index (κ2) is 6.01. The predicted octanol–water partition coefficient (Wildman–Crippen LogP) is 4.26. The Morgan fingerprint density at radius 3 is 2.90 bits per heavy atom. The molecule has 0 aliphatic rings. The molecule has 0 radical (unpaired) electrons. The molecule has 1 N–H and O–H groups in total. The fraction of sp³-hybridized carbons (Fsp3) is 0.125. The number of hydrogen-bond donors (Lipinski definition) is 1. The molecule has 3 nitrogen and oxygen atoms in total. The average Bonchev–Trinajstić information content (AvgIpc) is 2.98. The molecule has 0 bridgehead atoms. The van der Waals surface area contributed by atoms with Gasteiger partial charge in [-0.2, -0.15) is 0 Å². The molecule has 0 aliphatic carbocycles. The van der Waals surface area contributed by atoms with Gasteiger partial charge in [-0.15, -0.1) is 11.3 Å². The standard InChI is InChI=1S/C16H14FN3S/c1-11-8-12(5-6-14(11)17)19-9-13-10-21-16(20-13)15-4-2-3-7-18-15/h2-8,10,19H,9H2,1H3. The molecular formula is C16H14FN3S. The van der Waals surface area contributed by atoms with Gasteiger partial charge in [-0.05, 0) is 42.8 Å². The van der Waals surface area contributed by atoms with Gasteiger partial charge in [0, 0.05) is 17.3 Å². The first-order valence-electron chi connectivity index (χ1n) is 6.58. The van der Waals surface area contributed by atoms with Crippen LogP contribution in [0.25, 0.3) is 10.7 Å². The lowest BCUT2D eigenvalue weighted by molar-refractivity contribution is 0.618. The summed E-state index contributed by atoms with van der Waals surface area (Å²) < 4.78 is 13.2. The fourth-order valence-electron chi connectivity index (χ4n) is 1.94. The zero-order valence-electron chi connectivity index (χ0n) is 11.5. The van der Waals surface area contributed by atoms with Crippen molar-refractivity contribution in [2.45, 2.75) is 13.5 Å². The first-order chi connectivity index (χ1) is 10.2. The SMILES string of the molecule is Cc1cc(NCc2csc(-c3ccccn3)n2)ccc1F. The molecule has 21 heavy (non-hydrogen) atoms. The number of hydrogen-bond acceptors (Lipinski definition) is 4. The second-order valence-electron chi connectivity index (χ2n) is 4.68. The molecule has 0 saturated carbocycles. The first kappa shape index (κ1) is 13.7. The highest BCUT2D eigenvalue weighted by Gasteiger charge is 2.05. The van der Waals surface area contributed by atoms with Crippen LogP contribution in [-0.4, -0.2) is 9.97 Å². The largest absolute Gasteiger partial charge is 0.379 e. The lowest BCUT2D eigenvalue weighted by Crippen LogP contribution is -2.00. The van der Waals surface area contributed by atoms with Crippen LogP contribution in [0, 0.1) is 12.7 Å². The molecule has 0 atom stereocenters. The van der Waals surface area contributed by atoms with E-state index in [2.05, 4.69) is 15.3 Å². The number of pyridine rings is 1. The Balaban J connectivity index is 1.69. The minimum atomic E-state index is -0.188. The van der Waals surface area contributed by atoms with Gasteiger partial charge in [0.2, 0.25) is 0 Å². The minimum absolute atomic E-state index is 0.188. The monoisotopic (exact) mass is 299 g/mol. The molecule has 1 aromatic carbocycles. The third-order valence-corrected chi connectivity index (χ3v) is 3.98. The van der Waals surface area contributed by atoms with Crippen molar-refractivity contribution in [2.75, 3.05) is 5.32 Å². The molecule has 0 unspecified atom stereocenters. The molecule has 0 spiro atoms. The molecule has 0 saturated heterocycles. The zero-order chi connectivity index (χ0) is 14.7. The Labute approximate surface area is 126 Å². The predicted molar refractivity (Wildman–Crippen MR) is 83.8 cm³/mol. The molecule has 2 heterocycles. The van der Waals surface area contributed by atoms with Crippen LogP contribution >= 0.6 is 11.3 Å². The Kier molecular flexibility index (Phi) is 3.92.